The molecule has 1 atom stereocenters. The Morgan fingerprint density at radius 1 is 0.789 bits per heavy atom. The van der Waals surface area contributed by atoms with Crippen LogP contribution in [-0.2, 0) is 0 Å². The van der Waals surface area contributed by atoms with Crippen LogP contribution in [0.4, 0.5) is 0 Å². The fraction of sp³-hybridized carbons (Fsp3) is 1.00. The van der Waals surface area contributed by atoms with Crippen molar-refractivity contribution in [3.63, 3.8) is 0 Å². The van der Waals surface area contributed by atoms with Gasteiger partial charge in [0, 0.05) is 11.5 Å². The zero-order valence-electron chi connectivity index (χ0n) is 13.6. The molecule has 0 N–H and O–H groups in total. The van der Waals surface area contributed by atoms with Gasteiger partial charge in [0.1, 0.15) is 0 Å². The summed E-state index contributed by atoms with van der Waals surface area (Å²) in [5.74, 6) is 4.95. The highest BCUT2D eigenvalue weighted by Crippen LogP contribution is 2.17. The molecule has 0 aromatic heterocycles. The molecular formula is C17H36S2. The molecule has 0 aromatic rings. The van der Waals surface area contributed by atoms with Crippen LogP contribution in [0.1, 0.15) is 78.1 Å². The lowest BCUT2D eigenvalue weighted by Crippen LogP contribution is -1.99. The van der Waals surface area contributed by atoms with E-state index < -0.39 is 0 Å². The summed E-state index contributed by atoms with van der Waals surface area (Å²) in [5, 5.41) is 0. The van der Waals surface area contributed by atoms with E-state index in [2.05, 4.69) is 31.9 Å². The lowest BCUT2D eigenvalue weighted by Gasteiger charge is -2.10. The molecule has 0 aliphatic rings. The van der Waals surface area contributed by atoms with E-state index in [-0.39, 0.29) is 0 Å². The Morgan fingerprint density at radius 3 is 1.95 bits per heavy atom. The molecule has 0 nitrogen and oxygen atoms in total. The monoisotopic (exact) mass is 304 g/mol. The molecule has 0 saturated heterocycles. The Kier molecular flexibility index (Phi) is 17.4. The molecule has 0 aromatic carbocycles. The molecule has 0 aliphatic heterocycles. The minimum Gasteiger partial charge on any atom is -0.165 e. The molecule has 116 valence electrons. The number of thioether (sulfide) groups is 2. The first kappa shape index (κ1) is 19.7. The van der Waals surface area contributed by atoms with Crippen molar-refractivity contribution < 1.29 is 0 Å². The molecule has 0 heterocycles. The third-order valence-corrected chi connectivity index (χ3v) is 5.80. The quantitative estimate of drug-likeness (QED) is 0.311. The molecule has 0 fully saturated rings. The summed E-state index contributed by atoms with van der Waals surface area (Å²) in [6.07, 6.45) is 16.7. The van der Waals surface area contributed by atoms with Crippen molar-refractivity contribution in [3.8, 4) is 0 Å². The van der Waals surface area contributed by atoms with Gasteiger partial charge in [0.05, 0.1) is 0 Å². The average molecular weight is 305 g/mol. The molecule has 2 heteroatoms. The zero-order valence-corrected chi connectivity index (χ0v) is 15.2. The van der Waals surface area contributed by atoms with Crippen LogP contribution in [0.5, 0.6) is 0 Å². The topological polar surface area (TPSA) is 0 Å². The van der Waals surface area contributed by atoms with Gasteiger partial charge in [-0.15, -0.1) is 0 Å². The summed E-state index contributed by atoms with van der Waals surface area (Å²) in [4.78, 5) is 0. The predicted octanol–water partition coefficient (Wildman–Crippen LogP) is 6.64. The smallest absolute Gasteiger partial charge is 0.00235 e. The van der Waals surface area contributed by atoms with Crippen LogP contribution < -0.4 is 0 Å². The summed E-state index contributed by atoms with van der Waals surface area (Å²) in [7, 11) is 0. The van der Waals surface area contributed by atoms with Gasteiger partial charge in [-0.25, -0.2) is 0 Å². The normalized spacial score (nSPS) is 12.8. The van der Waals surface area contributed by atoms with Crippen molar-refractivity contribution >= 4 is 23.5 Å². The zero-order chi connectivity index (χ0) is 14.2. The van der Waals surface area contributed by atoms with Crippen molar-refractivity contribution in [3.05, 3.63) is 0 Å². The van der Waals surface area contributed by atoms with Gasteiger partial charge in [-0.05, 0) is 24.3 Å². The molecule has 1 unspecified atom stereocenters. The third kappa shape index (κ3) is 16.6. The molecular weight excluding hydrogens is 268 g/mol. The van der Waals surface area contributed by atoms with Gasteiger partial charge < -0.3 is 0 Å². The first-order chi connectivity index (χ1) is 9.31. The van der Waals surface area contributed by atoms with Gasteiger partial charge in [0.15, 0.2) is 0 Å². The van der Waals surface area contributed by atoms with Crippen LogP contribution in [0, 0.1) is 5.92 Å². The van der Waals surface area contributed by atoms with Crippen molar-refractivity contribution in [2.75, 3.05) is 23.5 Å². The Labute approximate surface area is 131 Å². The first-order valence-electron chi connectivity index (χ1n) is 8.38. The Bertz CT molecular complexity index is 159. The first-order valence-corrected chi connectivity index (χ1v) is 10.9. The van der Waals surface area contributed by atoms with Gasteiger partial charge in [-0.1, -0.05) is 71.6 Å². The third-order valence-electron chi connectivity index (χ3n) is 3.63. The van der Waals surface area contributed by atoms with Crippen LogP contribution >= 0.6 is 23.5 Å². The van der Waals surface area contributed by atoms with E-state index in [0.717, 1.165) is 5.92 Å². The fourth-order valence-electron chi connectivity index (χ4n) is 2.31. The van der Waals surface area contributed by atoms with Crippen LogP contribution in [0.15, 0.2) is 0 Å². The molecule has 0 aliphatic carbocycles. The molecule has 0 rings (SSSR count). The van der Waals surface area contributed by atoms with Gasteiger partial charge in [-0.3, -0.25) is 0 Å². The van der Waals surface area contributed by atoms with Gasteiger partial charge in [-0.2, -0.15) is 23.5 Å². The van der Waals surface area contributed by atoms with E-state index in [1.807, 2.05) is 11.8 Å². The molecule has 0 spiro atoms. The minimum atomic E-state index is 0.927. The largest absolute Gasteiger partial charge is 0.165 e. The number of rotatable bonds is 15. The Balaban J connectivity index is 3.07. The minimum absolute atomic E-state index is 0.927. The van der Waals surface area contributed by atoms with E-state index in [9.17, 15) is 0 Å². The predicted molar refractivity (Wildman–Crippen MR) is 96.7 cm³/mol. The van der Waals surface area contributed by atoms with E-state index in [4.69, 9.17) is 0 Å². The Morgan fingerprint density at radius 2 is 1.37 bits per heavy atom. The number of hydrogen-bond acceptors (Lipinski definition) is 2. The second kappa shape index (κ2) is 16.8. The summed E-state index contributed by atoms with van der Waals surface area (Å²) in [6, 6.07) is 0. The molecule has 19 heavy (non-hydrogen) atoms. The van der Waals surface area contributed by atoms with E-state index in [1.165, 1.54) is 81.5 Å². The van der Waals surface area contributed by atoms with Gasteiger partial charge in [0.25, 0.3) is 0 Å². The highest BCUT2D eigenvalue weighted by Gasteiger charge is 2.02. The summed E-state index contributed by atoms with van der Waals surface area (Å²) >= 11 is 4.11. The van der Waals surface area contributed by atoms with Gasteiger partial charge in [0.2, 0.25) is 0 Å². The number of hydrogen-bond donors (Lipinski definition) is 0. The lowest BCUT2D eigenvalue weighted by atomic mass is 10.0. The average Bonchev–Trinajstić information content (AvgIpc) is 2.42. The van der Waals surface area contributed by atoms with Crippen molar-refractivity contribution in [2.24, 2.45) is 5.92 Å². The number of unbranched alkanes of at least 4 members (excludes halogenated alkanes) is 8. The summed E-state index contributed by atoms with van der Waals surface area (Å²) in [5.41, 5.74) is 0. The Hall–Kier alpha value is 0.700. The maximum atomic E-state index is 2.43. The second-order valence-electron chi connectivity index (χ2n) is 5.79. The van der Waals surface area contributed by atoms with Crippen molar-refractivity contribution in [1.82, 2.24) is 0 Å². The lowest BCUT2D eigenvalue weighted by molar-refractivity contribution is 0.511. The van der Waals surface area contributed by atoms with E-state index in [1.54, 1.807) is 0 Å². The van der Waals surface area contributed by atoms with Crippen LogP contribution in [0.3, 0.4) is 0 Å². The summed E-state index contributed by atoms with van der Waals surface area (Å²) < 4.78 is 0. The van der Waals surface area contributed by atoms with E-state index >= 15 is 0 Å². The fourth-order valence-corrected chi connectivity index (χ4v) is 4.19. The maximum absolute atomic E-state index is 2.43. The second-order valence-corrected chi connectivity index (χ2v) is 7.93. The van der Waals surface area contributed by atoms with Crippen molar-refractivity contribution in [1.29, 1.82) is 0 Å². The van der Waals surface area contributed by atoms with Crippen LogP contribution in [0.25, 0.3) is 0 Å². The standard InChI is InChI=1S/C17H36S2/c1-4-5-6-7-8-9-10-11-12-13-17(2)16-19-15-14-18-3/h17H,4-16H2,1-3H3. The highest BCUT2D eigenvalue weighted by molar-refractivity contribution is 8.02. The van der Waals surface area contributed by atoms with Crippen LogP contribution in [0.2, 0.25) is 0 Å². The maximum Gasteiger partial charge on any atom is 0.00235 e. The van der Waals surface area contributed by atoms with Gasteiger partial charge >= 0.3 is 0 Å². The van der Waals surface area contributed by atoms with Crippen molar-refractivity contribution in [2.45, 2.75) is 78.1 Å². The molecule has 0 saturated carbocycles. The van der Waals surface area contributed by atoms with Crippen LogP contribution in [-0.4, -0.2) is 23.5 Å². The SMILES string of the molecule is CCCCCCCCCCCC(C)CSCCSC. The van der Waals surface area contributed by atoms with E-state index in [0.29, 0.717) is 0 Å². The highest BCUT2D eigenvalue weighted by atomic mass is 32.2. The molecule has 0 bridgehead atoms. The molecule has 0 radical (unpaired) electrons. The molecule has 0 amide bonds. The summed E-state index contributed by atoms with van der Waals surface area (Å²) in [6.45, 7) is 4.72.